The Kier molecular flexibility index (Phi) is 6.13. The van der Waals surface area contributed by atoms with E-state index < -0.39 is 0 Å². The van der Waals surface area contributed by atoms with Crippen LogP contribution in [0.15, 0.2) is 72.8 Å². The molecule has 6 rings (SSSR count). The Bertz CT molecular complexity index is 1360. The van der Waals surface area contributed by atoms with Crippen LogP contribution in [0.3, 0.4) is 0 Å². The highest BCUT2D eigenvalue weighted by Gasteiger charge is 2.32. The molecule has 0 amide bonds. The van der Waals surface area contributed by atoms with Crippen LogP contribution in [0.2, 0.25) is 5.02 Å². The van der Waals surface area contributed by atoms with Crippen molar-refractivity contribution in [3.63, 3.8) is 0 Å². The molecule has 35 heavy (non-hydrogen) atoms. The zero-order valence-corrected chi connectivity index (χ0v) is 20.9. The molecular weight excluding hydrogens is 454 g/mol. The normalized spacial score (nSPS) is 17.3. The maximum atomic E-state index is 6.62. The van der Waals surface area contributed by atoms with E-state index in [2.05, 4.69) is 77.7 Å². The molecule has 0 radical (unpaired) electrons. The quantitative estimate of drug-likeness (QED) is 0.249. The second kappa shape index (κ2) is 9.56. The first kappa shape index (κ1) is 22.5. The average molecular weight is 484 g/mol. The number of piperidine rings is 1. The largest absolute Gasteiger partial charge is 0.495 e. The monoisotopic (exact) mass is 483 g/mol. The van der Waals surface area contributed by atoms with Crippen LogP contribution in [-0.4, -0.2) is 38.3 Å². The summed E-state index contributed by atoms with van der Waals surface area (Å²) >= 11 is 6.62. The Balaban J connectivity index is 1.34. The molecule has 1 aliphatic carbocycles. The minimum atomic E-state index is 0.108. The number of nitrogens with zero attached hydrogens (tertiary/aromatic N) is 1. The highest BCUT2D eigenvalue weighted by molar-refractivity contribution is 6.32. The molecule has 178 valence electrons. The van der Waals surface area contributed by atoms with Gasteiger partial charge in [0.15, 0.2) is 0 Å². The van der Waals surface area contributed by atoms with Crippen molar-refractivity contribution in [2.24, 2.45) is 0 Å². The van der Waals surface area contributed by atoms with Gasteiger partial charge in [-0.1, -0.05) is 66.6 Å². The van der Waals surface area contributed by atoms with Crippen LogP contribution in [0, 0.1) is 0 Å². The van der Waals surface area contributed by atoms with Gasteiger partial charge < -0.3 is 9.47 Å². The van der Waals surface area contributed by atoms with E-state index in [0.717, 1.165) is 18.9 Å². The van der Waals surface area contributed by atoms with E-state index in [9.17, 15) is 0 Å². The van der Waals surface area contributed by atoms with E-state index in [4.69, 9.17) is 21.1 Å². The molecule has 1 heterocycles. The first-order chi connectivity index (χ1) is 17.2. The van der Waals surface area contributed by atoms with Crippen molar-refractivity contribution >= 4 is 22.4 Å². The molecule has 0 bridgehead atoms. The molecule has 3 nitrogen and oxygen atoms in total. The van der Waals surface area contributed by atoms with Crippen LogP contribution in [0.5, 0.6) is 11.5 Å². The molecule has 4 aromatic rings. The number of halogens is 1. The van der Waals surface area contributed by atoms with Crippen molar-refractivity contribution in [3.8, 4) is 22.6 Å². The molecule has 1 saturated heterocycles. The van der Waals surface area contributed by atoms with Crippen LogP contribution in [0.4, 0.5) is 0 Å². The Morgan fingerprint density at radius 3 is 2.49 bits per heavy atom. The first-order valence-electron chi connectivity index (χ1n) is 12.6. The maximum absolute atomic E-state index is 6.62. The number of likely N-dealkylation sites (tertiary alicyclic amines) is 1. The van der Waals surface area contributed by atoms with E-state index >= 15 is 0 Å². The van der Waals surface area contributed by atoms with Crippen molar-refractivity contribution in [1.82, 2.24) is 4.90 Å². The van der Waals surface area contributed by atoms with Crippen LogP contribution in [-0.2, 0) is 0 Å². The zero-order valence-electron chi connectivity index (χ0n) is 20.1. The van der Waals surface area contributed by atoms with Crippen molar-refractivity contribution in [2.45, 2.75) is 25.2 Å². The van der Waals surface area contributed by atoms with E-state index in [1.165, 1.54) is 70.9 Å². The number of hydrogen-bond acceptors (Lipinski definition) is 3. The third kappa shape index (κ3) is 4.17. The summed E-state index contributed by atoms with van der Waals surface area (Å²) in [5.74, 6) is 1.74. The molecule has 1 fully saturated rings. The summed E-state index contributed by atoms with van der Waals surface area (Å²) in [7, 11) is 1.67. The topological polar surface area (TPSA) is 21.7 Å². The molecule has 0 saturated carbocycles. The number of rotatable bonds is 6. The second-order valence-corrected chi connectivity index (χ2v) is 9.98. The molecule has 0 aromatic heterocycles. The van der Waals surface area contributed by atoms with E-state index in [-0.39, 0.29) is 5.92 Å². The van der Waals surface area contributed by atoms with E-state index in [0.29, 0.717) is 10.8 Å². The van der Waals surface area contributed by atoms with Gasteiger partial charge in [-0.15, -0.1) is 0 Å². The van der Waals surface area contributed by atoms with Crippen molar-refractivity contribution in [3.05, 3.63) is 94.5 Å². The Morgan fingerprint density at radius 2 is 1.69 bits per heavy atom. The molecule has 0 spiro atoms. The summed E-state index contributed by atoms with van der Waals surface area (Å²) in [6, 6.07) is 25.9. The fourth-order valence-corrected chi connectivity index (χ4v) is 6.02. The maximum Gasteiger partial charge on any atom is 0.138 e. The Hall–Kier alpha value is -3.01. The van der Waals surface area contributed by atoms with Gasteiger partial charge in [-0.3, -0.25) is 4.90 Å². The lowest BCUT2D eigenvalue weighted by Gasteiger charge is -2.26. The van der Waals surface area contributed by atoms with Gasteiger partial charge >= 0.3 is 0 Å². The molecule has 1 unspecified atom stereocenters. The summed E-state index contributed by atoms with van der Waals surface area (Å²) in [6.45, 7) is 4.13. The van der Waals surface area contributed by atoms with Crippen LogP contribution < -0.4 is 9.47 Å². The van der Waals surface area contributed by atoms with Gasteiger partial charge in [-0.2, -0.15) is 0 Å². The lowest BCUT2D eigenvalue weighted by Crippen LogP contribution is -2.33. The Morgan fingerprint density at radius 1 is 0.886 bits per heavy atom. The van der Waals surface area contributed by atoms with E-state index in [1.807, 2.05) is 0 Å². The minimum Gasteiger partial charge on any atom is -0.495 e. The number of methoxy groups -OCH3 is 1. The van der Waals surface area contributed by atoms with Gasteiger partial charge in [0.25, 0.3) is 0 Å². The zero-order chi connectivity index (χ0) is 23.8. The predicted molar refractivity (Wildman–Crippen MR) is 144 cm³/mol. The summed E-state index contributed by atoms with van der Waals surface area (Å²) in [5.41, 5.74) is 6.24. The van der Waals surface area contributed by atoms with E-state index in [1.54, 1.807) is 7.11 Å². The molecule has 4 heteroatoms. The van der Waals surface area contributed by atoms with Gasteiger partial charge in [-0.25, -0.2) is 0 Å². The molecule has 2 aliphatic rings. The third-order valence-electron chi connectivity index (χ3n) is 7.52. The van der Waals surface area contributed by atoms with Gasteiger partial charge in [0.2, 0.25) is 0 Å². The Labute approximate surface area is 212 Å². The van der Waals surface area contributed by atoms with Gasteiger partial charge in [0.05, 0.1) is 12.1 Å². The van der Waals surface area contributed by atoms with Gasteiger partial charge in [-0.05, 0) is 88.8 Å². The fraction of sp³-hybridized carbons (Fsp3) is 0.290. The second-order valence-electron chi connectivity index (χ2n) is 9.57. The molecular formula is C31H30ClNO2. The average Bonchev–Trinajstić information content (AvgIpc) is 3.22. The summed E-state index contributed by atoms with van der Waals surface area (Å²) in [5, 5.41) is 3.17. The summed E-state index contributed by atoms with van der Waals surface area (Å²) in [6.07, 6.45) is 3.98. The summed E-state index contributed by atoms with van der Waals surface area (Å²) < 4.78 is 11.7. The fourth-order valence-electron chi connectivity index (χ4n) is 5.77. The predicted octanol–water partition coefficient (Wildman–Crippen LogP) is 7.53. The van der Waals surface area contributed by atoms with Crippen molar-refractivity contribution in [2.75, 3.05) is 33.4 Å². The number of ether oxygens (including phenoxy) is 2. The highest BCUT2D eigenvalue weighted by Crippen LogP contribution is 2.52. The number of hydrogen-bond donors (Lipinski definition) is 0. The van der Waals surface area contributed by atoms with Crippen LogP contribution in [0.1, 0.15) is 41.9 Å². The smallest absolute Gasteiger partial charge is 0.138 e. The minimum absolute atomic E-state index is 0.108. The molecule has 1 atom stereocenters. The number of fused-ring (bicyclic) bond motifs is 5. The van der Waals surface area contributed by atoms with Crippen molar-refractivity contribution < 1.29 is 9.47 Å². The SMILES string of the molecule is COc1cc2c(cc1Cl)C(c1ccc(OCCN3CCCCC3)cc1)c1c-2ccc2ccccc12. The molecule has 1 aliphatic heterocycles. The van der Waals surface area contributed by atoms with Crippen molar-refractivity contribution in [1.29, 1.82) is 0 Å². The third-order valence-corrected chi connectivity index (χ3v) is 7.82. The molecule has 0 N–H and O–H groups in total. The standard InChI is InChI=1S/C31H30ClNO2/c1-34-29-20-26-25-14-11-21-7-3-4-8-24(21)31(25)30(27(26)19-28(29)32)22-9-12-23(13-10-22)35-18-17-33-15-5-2-6-16-33/h3-4,7-14,19-20,30H,2,5-6,15-18H2,1H3. The lowest BCUT2D eigenvalue weighted by atomic mass is 9.86. The lowest BCUT2D eigenvalue weighted by molar-refractivity contribution is 0.183. The van der Waals surface area contributed by atoms with Gasteiger partial charge in [0.1, 0.15) is 18.1 Å². The van der Waals surface area contributed by atoms with Crippen LogP contribution in [0.25, 0.3) is 21.9 Å². The highest BCUT2D eigenvalue weighted by atomic mass is 35.5. The molecule has 4 aromatic carbocycles. The number of benzene rings is 4. The summed E-state index contributed by atoms with van der Waals surface area (Å²) in [4.78, 5) is 2.51. The first-order valence-corrected chi connectivity index (χ1v) is 13.0. The van der Waals surface area contributed by atoms with Crippen LogP contribution >= 0.6 is 11.6 Å². The van der Waals surface area contributed by atoms with Gasteiger partial charge in [0, 0.05) is 12.5 Å².